The Morgan fingerprint density at radius 3 is 2.42 bits per heavy atom. The lowest BCUT2D eigenvalue weighted by atomic mass is 10.2. The molecule has 0 saturated carbocycles. The predicted octanol–water partition coefficient (Wildman–Crippen LogP) is 2.18. The monoisotopic (exact) mass is 280 g/mol. The third-order valence-electron chi connectivity index (χ3n) is 2.87. The first-order chi connectivity index (χ1) is 8.97. The minimum absolute atomic E-state index is 0.0840. The summed E-state index contributed by atoms with van der Waals surface area (Å²) in [5.74, 6) is 0.0840. The van der Waals surface area contributed by atoms with Gasteiger partial charge in [-0.1, -0.05) is 30.3 Å². The van der Waals surface area contributed by atoms with Crippen molar-refractivity contribution in [3.05, 3.63) is 35.9 Å². The summed E-state index contributed by atoms with van der Waals surface area (Å²) in [7, 11) is -3.31. The lowest BCUT2D eigenvalue weighted by Gasteiger charge is -2.24. The molecule has 104 valence electrons. The highest BCUT2D eigenvalue weighted by molar-refractivity contribution is 7.89. The molecule has 1 aromatic rings. The Balaban J connectivity index is 2.70. The molecule has 0 bridgehead atoms. The lowest BCUT2D eigenvalue weighted by molar-refractivity contribution is 0.360. The normalized spacial score (nSPS) is 11.7. The second-order valence-corrected chi connectivity index (χ2v) is 6.71. The average molecular weight is 280 g/mol. The quantitative estimate of drug-likeness (QED) is 0.769. The van der Waals surface area contributed by atoms with Crippen LogP contribution >= 0.6 is 0 Å². The van der Waals surface area contributed by atoms with E-state index in [9.17, 15) is 8.42 Å². The van der Waals surface area contributed by atoms with Crippen LogP contribution in [-0.4, -0.2) is 31.1 Å². The molecule has 0 atom stereocenters. The Bertz CT molecular complexity index is 518. The zero-order valence-electron chi connectivity index (χ0n) is 11.4. The Hall–Kier alpha value is -1.38. The number of nitriles is 1. The summed E-state index contributed by atoms with van der Waals surface area (Å²) < 4.78 is 26.0. The minimum atomic E-state index is -3.31. The van der Waals surface area contributed by atoms with E-state index in [1.807, 2.05) is 50.2 Å². The van der Waals surface area contributed by atoms with Gasteiger partial charge in [0.2, 0.25) is 10.0 Å². The van der Waals surface area contributed by atoms with Gasteiger partial charge in [0, 0.05) is 19.0 Å². The highest BCUT2D eigenvalue weighted by Gasteiger charge is 2.24. The smallest absolute Gasteiger partial charge is 0.212 e. The molecule has 0 fully saturated rings. The van der Waals surface area contributed by atoms with Gasteiger partial charge in [-0.15, -0.1) is 0 Å². The largest absolute Gasteiger partial charge is 0.214 e. The van der Waals surface area contributed by atoms with Gasteiger partial charge in [0.1, 0.15) is 0 Å². The summed E-state index contributed by atoms with van der Waals surface area (Å²) in [4.78, 5) is 0. The molecule has 0 aliphatic heterocycles. The van der Waals surface area contributed by atoms with Gasteiger partial charge in [-0.2, -0.15) is 9.57 Å². The van der Waals surface area contributed by atoms with Crippen molar-refractivity contribution in [2.45, 2.75) is 32.7 Å². The third-order valence-corrected chi connectivity index (χ3v) is 4.91. The number of aryl methyl sites for hydroxylation is 1. The summed E-state index contributed by atoms with van der Waals surface area (Å²) in [6, 6.07) is 11.4. The average Bonchev–Trinajstić information content (AvgIpc) is 2.37. The molecule has 1 aromatic carbocycles. The molecule has 0 heterocycles. The maximum absolute atomic E-state index is 12.3. The molecular weight excluding hydrogens is 260 g/mol. The van der Waals surface area contributed by atoms with E-state index >= 15 is 0 Å². The Labute approximate surface area is 115 Å². The van der Waals surface area contributed by atoms with Crippen LogP contribution in [0.4, 0.5) is 0 Å². The van der Waals surface area contributed by atoms with Crippen LogP contribution in [0.15, 0.2) is 30.3 Å². The number of hydrogen-bond donors (Lipinski definition) is 0. The van der Waals surface area contributed by atoms with Gasteiger partial charge < -0.3 is 0 Å². The fraction of sp³-hybridized carbons (Fsp3) is 0.500. The van der Waals surface area contributed by atoms with Gasteiger partial charge in [0.25, 0.3) is 0 Å². The molecule has 1 rings (SSSR count). The van der Waals surface area contributed by atoms with E-state index < -0.39 is 10.0 Å². The summed E-state index contributed by atoms with van der Waals surface area (Å²) in [6.07, 6.45) is 0.724. The summed E-state index contributed by atoms with van der Waals surface area (Å²) in [5.41, 5.74) is 1.01. The predicted molar refractivity (Wildman–Crippen MR) is 76.0 cm³/mol. The molecule has 0 saturated heterocycles. The summed E-state index contributed by atoms with van der Waals surface area (Å²) in [5, 5.41) is 8.60. The zero-order chi connectivity index (χ0) is 14.3. The molecule has 19 heavy (non-hydrogen) atoms. The Kier molecular flexibility index (Phi) is 6.00. The first-order valence-electron chi connectivity index (χ1n) is 6.38. The van der Waals surface area contributed by atoms with Crippen LogP contribution in [0.25, 0.3) is 0 Å². The third kappa shape index (κ3) is 5.01. The molecule has 0 aliphatic carbocycles. The van der Waals surface area contributed by atoms with Crippen LogP contribution in [0.1, 0.15) is 25.8 Å². The molecule has 0 amide bonds. The Morgan fingerprint density at radius 1 is 1.26 bits per heavy atom. The van der Waals surface area contributed by atoms with Crippen molar-refractivity contribution in [3.63, 3.8) is 0 Å². The second-order valence-electron chi connectivity index (χ2n) is 4.66. The Morgan fingerprint density at radius 2 is 1.89 bits per heavy atom. The van der Waals surface area contributed by atoms with E-state index in [-0.39, 0.29) is 24.8 Å². The van der Waals surface area contributed by atoms with Gasteiger partial charge in [-0.3, -0.25) is 0 Å². The van der Waals surface area contributed by atoms with Gasteiger partial charge in [0.15, 0.2) is 0 Å². The van der Waals surface area contributed by atoms with Crippen LogP contribution in [0.5, 0.6) is 0 Å². The summed E-state index contributed by atoms with van der Waals surface area (Å²) >= 11 is 0. The molecular formula is C14H20N2O2S. The maximum Gasteiger partial charge on any atom is 0.214 e. The van der Waals surface area contributed by atoms with E-state index in [0.29, 0.717) is 6.42 Å². The minimum Gasteiger partial charge on any atom is -0.212 e. The molecule has 0 radical (unpaired) electrons. The van der Waals surface area contributed by atoms with E-state index in [1.165, 1.54) is 4.31 Å². The van der Waals surface area contributed by atoms with Gasteiger partial charge >= 0.3 is 0 Å². The fourth-order valence-corrected chi connectivity index (χ4v) is 3.63. The van der Waals surface area contributed by atoms with Crippen molar-refractivity contribution in [1.29, 1.82) is 5.26 Å². The molecule has 0 unspecified atom stereocenters. The zero-order valence-corrected chi connectivity index (χ0v) is 12.2. The van der Waals surface area contributed by atoms with Crippen molar-refractivity contribution in [2.75, 3.05) is 12.3 Å². The molecule has 0 aromatic heterocycles. The highest BCUT2D eigenvalue weighted by atomic mass is 32.2. The number of nitrogens with zero attached hydrogens (tertiary/aromatic N) is 2. The van der Waals surface area contributed by atoms with Crippen LogP contribution in [-0.2, 0) is 16.4 Å². The van der Waals surface area contributed by atoms with Crippen molar-refractivity contribution < 1.29 is 8.42 Å². The summed E-state index contributed by atoms with van der Waals surface area (Å²) in [6.45, 7) is 3.93. The molecule has 5 heteroatoms. The van der Waals surface area contributed by atoms with E-state index in [2.05, 4.69) is 0 Å². The SMILES string of the molecule is CC(C)N(CCC#N)S(=O)(=O)CCc1ccccc1. The first kappa shape index (κ1) is 15.7. The van der Waals surface area contributed by atoms with Crippen LogP contribution < -0.4 is 0 Å². The van der Waals surface area contributed by atoms with Crippen LogP contribution in [0.2, 0.25) is 0 Å². The lowest BCUT2D eigenvalue weighted by Crippen LogP contribution is -2.39. The number of rotatable bonds is 7. The van der Waals surface area contributed by atoms with Crippen molar-refractivity contribution in [2.24, 2.45) is 0 Å². The van der Waals surface area contributed by atoms with Crippen LogP contribution in [0.3, 0.4) is 0 Å². The molecule has 0 aliphatic rings. The van der Waals surface area contributed by atoms with Crippen LogP contribution in [0, 0.1) is 11.3 Å². The van der Waals surface area contributed by atoms with Gasteiger partial charge in [0.05, 0.1) is 11.8 Å². The van der Waals surface area contributed by atoms with Gasteiger partial charge in [-0.05, 0) is 25.8 Å². The first-order valence-corrected chi connectivity index (χ1v) is 7.98. The maximum atomic E-state index is 12.3. The van der Waals surface area contributed by atoms with E-state index in [4.69, 9.17) is 5.26 Å². The number of hydrogen-bond acceptors (Lipinski definition) is 3. The highest BCUT2D eigenvalue weighted by Crippen LogP contribution is 2.11. The van der Waals surface area contributed by atoms with Crippen molar-refractivity contribution >= 4 is 10.0 Å². The topological polar surface area (TPSA) is 61.2 Å². The standard InChI is InChI=1S/C14H20N2O2S/c1-13(2)16(11-6-10-15)19(17,18)12-9-14-7-4-3-5-8-14/h3-5,7-8,13H,6,9,11-12H2,1-2H3. The van der Waals surface area contributed by atoms with E-state index in [0.717, 1.165) is 5.56 Å². The molecule has 0 N–H and O–H groups in total. The van der Waals surface area contributed by atoms with Gasteiger partial charge in [-0.25, -0.2) is 8.42 Å². The second kappa shape index (κ2) is 7.27. The molecule has 0 spiro atoms. The number of sulfonamides is 1. The molecule has 4 nitrogen and oxygen atoms in total. The van der Waals surface area contributed by atoms with E-state index in [1.54, 1.807) is 0 Å². The fourth-order valence-electron chi connectivity index (χ4n) is 1.89. The van der Waals surface area contributed by atoms with Crippen molar-refractivity contribution in [3.8, 4) is 6.07 Å². The number of benzene rings is 1. The van der Waals surface area contributed by atoms with Crippen molar-refractivity contribution in [1.82, 2.24) is 4.31 Å².